The van der Waals surface area contributed by atoms with Gasteiger partial charge in [0.05, 0.1) is 26.3 Å². The van der Waals surface area contributed by atoms with Gasteiger partial charge in [0.1, 0.15) is 11.5 Å². The number of piperidine rings is 1. The molecule has 2 unspecified atom stereocenters. The number of ether oxygens (including phenoxy) is 2. The third kappa shape index (κ3) is 3.54. The Morgan fingerprint density at radius 2 is 1.85 bits per heavy atom. The number of likely N-dealkylation sites (N-methyl/N-ethyl adjacent to an activating group) is 1. The molecular formula is C28H37N3O3. The van der Waals surface area contributed by atoms with Gasteiger partial charge in [-0.15, -0.1) is 0 Å². The van der Waals surface area contributed by atoms with Crippen molar-refractivity contribution in [2.75, 3.05) is 40.4 Å². The summed E-state index contributed by atoms with van der Waals surface area (Å²) in [5, 5.41) is 0. The van der Waals surface area contributed by atoms with Crippen LogP contribution in [0.1, 0.15) is 50.7 Å². The Labute approximate surface area is 203 Å². The minimum absolute atomic E-state index is 0.125. The lowest BCUT2D eigenvalue weighted by molar-refractivity contribution is 0.0961. The second kappa shape index (κ2) is 8.81. The van der Waals surface area contributed by atoms with Crippen LogP contribution in [0.25, 0.3) is 0 Å². The molecule has 6 heteroatoms. The predicted molar refractivity (Wildman–Crippen MR) is 134 cm³/mol. The molecule has 6 nitrogen and oxygen atoms in total. The first-order valence-corrected chi connectivity index (χ1v) is 12.6. The highest BCUT2D eigenvalue weighted by atomic mass is 16.5. The van der Waals surface area contributed by atoms with Crippen LogP contribution in [0.4, 0.5) is 4.79 Å². The highest BCUT2D eigenvalue weighted by molar-refractivity contribution is 5.83. The molecule has 182 valence electrons. The summed E-state index contributed by atoms with van der Waals surface area (Å²) in [5.74, 6) is 2.27. The van der Waals surface area contributed by atoms with Gasteiger partial charge in [-0.1, -0.05) is 38.2 Å². The topological polar surface area (TPSA) is 45.3 Å². The zero-order chi connectivity index (χ0) is 24.0. The van der Waals surface area contributed by atoms with Crippen LogP contribution in [-0.4, -0.2) is 66.7 Å². The van der Waals surface area contributed by atoms with Crippen molar-refractivity contribution in [2.45, 2.75) is 51.6 Å². The maximum Gasteiger partial charge on any atom is 0.325 e. The van der Waals surface area contributed by atoms with E-state index in [2.05, 4.69) is 60.9 Å². The van der Waals surface area contributed by atoms with Crippen LogP contribution < -0.4 is 9.47 Å². The number of carbonyl (C=O) groups excluding carboxylic acids is 1. The average molecular weight is 464 g/mol. The average Bonchev–Trinajstić information content (AvgIpc) is 3.27. The standard InChI is InChI=1S/C28H37N3O3/c1-6-31-27(32)30-18-22-15-23(33-4)16-24(34-5)26(22)20(3)14-25(30)28(31)10-12-29(13-11-28)17-21-9-7-8-19(21)2/h7-9,14-16,19-20H,6,10-13,17-18H2,1-5H3. The Morgan fingerprint density at radius 1 is 1.09 bits per heavy atom. The molecule has 2 fully saturated rings. The van der Waals surface area contributed by atoms with Gasteiger partial charge in [-0.05, 0) is 42.9 Å². The summed E-state index contributed by atoms with van der Waals surface area (Å²) < 4.78 is 11.3. The van der Waals surface area contributed by atoms with E-state index in [0.717, 1.165) is 61.6 Å². The monoisotopic (exact) mass is 463 g/mol. The van der Waals surface area contributed by atoms with Gasteiger partial charge < -0.3 is 14.4 Å². The number of amides is 2. The number of methoxy groups -OCH3 is 2. The molecule has 0 saturated carbocycles. The van der Waals surface area contributed by atoms with Crippen LogP contribution in [0, 0.1) is 5.92 Å². The van der Waals surface area contributed by atoms with Gasteiger partial charge >= 0.3 is 6.03 Å². The van der Waals surface area contributed by atoms with Crippen molar-refractivity contribution in [3.05, 3.63) is 58.8 Å². The van der Waals surface area contributed by atoms with E-state index in [1.807, 2.05) is 11.0 Å². The second-order valence-electron chi connectivity index (χ2n) is 10.1. The molecule has 1 spiro atoms. The van der Waals surface area contributed by atoms with Crippen LogP contribution in [0.3, 0.4) is 0 Å². The largest absolute Gasteiger partial charge is 0.497 e. The van der Waals surface area contributed by atoms with Crippen LogP contribution in [0.2, 0.25) is 0 Å². The van der Waals surface area contributed by atoms with Crippen molar-refractivity contribution in [2.24, 2.45) is 5.92 Å². The Kier molecular flexibility index (Phi) is 5.96. The van der Waals surface area contributed by atoms with Crippen LogP contribution >= 0.6 is 0 Å². The van der Waals surface area contributed by atoms with Crippen LogP contribution in [0.15, 0.2) is 47.7 Å². The van der Waals surface area contributed by atoms with Gasteiger partial charge in [-0.25, -0.2) is 4.79 Å². The normalized spacial score (nSPS) is 25.7. The first kappa shape index (κ1) is 23.0. The molecule has 2 atom stereocenters. The molecule has 3 aliphatic heterocycles. The molecule has 1 aromatic carbocycles. The number of carbonyl (C=O) groups is 1. The number of nitrogens with zero attached hydrogens (tertiary/aromatic N) is 3. The fourth-order valence-corrected chi connectivity index (χ4v) is 6.42. The zero-order valence-electron chi connectivity index (χ0n) is 21.1. The maximum absolute atomic E-state index is 13.7. The molecule has 2 saturated heterocycles. The van der Waals surface area contributed by atoms with Crippen molar-refractivity contribution in [3.63, 3.8) is 0 Å². The minimum atomic E-state index is -0.232. The number of fused-ring (bicyclic) bond motifs is 3. The SMILES string of the molecule is CCN1C(=O)N2Cc3cc(OC)cc(OC)c3C(C)C=C2C12CCN(CC1=CC=CC1C)CC2. The number of benzene rings is 1. The van der Waals surface area contributed by atoms with Crippen LogP contribution in [-0.2, 0) is 6.54 Å². The van der Waals surface area contributed by atoms with E-state index in [1.54, 1.807) is 14.2 Å². The van der Waals surface area contributed by atoms with Gasteiger partial charge in [-0.2, -0.15) is 0 Å². The quantitative estimate of drug-likeness (QED) is 0.621. The van der Waals surface area contributed by atoms with Crippen molar-refractivity contribution >= 4 is 6.03 Å². The number of hydrogen-bond donors (Lipinski definition) is 0. The fourth-order valence-electron chi connectivity index (χ4n) is 6.42. The third-order valence-electron chi connectivity index (χ3n) is 8.30. The molecule has 0 aromatic heterocycles. The van der Waals surface area contributed by atoms with Crippen LogP contribution in [0.5, 0.6) is 11.5 Å². The number of urea groups is 1. The molecule has 5 rings (SSSR count). The third-order valence-corrected chi connectivity index (χ3v) is 8.30. The van der Waals surface area contributed by atoms with E-state index < -0.39 is 0 Å². The smallest absolute Gasteiger partial charge is 0.325 e. The van der Waals surface area contributed by atoms with E-state index in [1.165, 1.54) is 11.3 Å². The molecular weight excluding hydrogens is 426 g/mol. The fraction of sp³-hybridized carbons (Fsp3) is 0.536. The van der Waals surface area contributed by atoms with E-state index in [0.29, 0.717) is 12.5 Å². The van der Waals surface area contributed by atoms with Crippen molar-refractivity contribution in [1.82, 2.24) is 14.7 Å². The summed E-state index contributed by atoms with van der Waals surface area (Å²) in [6.45, 7) is 10.9. The minimum Gasteiger partial charge on any atom is -0.497 e. The Balaban J connectivity index is 1.46. The Hall–Kier alpha value is -2.73. The van der Waals surface area contributed by atoms with E-state index in [4.69, 9.17) is 9.47 Å². The molecule has 34 heavy (non-hydrogen) atoms. The highest BCUT2D eigenvalue weighted by Crippen LogP contribution is 2.49. The Morgan fingerprint density at radius 3 is 2.47 bits per heavy atom. The molecule has 1 aromatic rings. The molecule has 0 N–H and O–H groups in total. The molecule has 2 amide bonds. The summed E-state index contributed by atoms with van der Waals surface area (Å²) >= 11 is 0. The summed E-state index contributed by atoms with van der Waals surface area (Å²) in [6.07, 6.45) is 11.0. The first-order valence-electron chi connectivity index (χ1n) is 12.6. The molecule has 0 radical (unpaired) electrons. The number of allylic oxidation sites excluding steroid dienone is 4. The van der Waals surface area contributed by atoms with Crippen molar-refractivity contribution in [3.8, 4) is 11.5 Å². The summed E-state index contributed by atoms with van der Waals surface area (Å²) in [7, 11) is 3.38. The number of likely N-dealkylation sites (tertiary alicyclic amines) is 1. The van der Waals surface area contributed by atoms with Crippen molar-refractivity contribution < 1.29 is 14.3 Å². The summed E-state index contributed by atoms with van der Waals surface area (Å²) in [6, 6.07) is 4.14. The van der Waals surface area contributed by atoms with E-state index in [9.17, 15) is 4.79 Å². The summed E-state index contributed by atoms with van der Waals surface area (Å²) in [5.41, 5.74) is 4.70. The number of rotatable bonds is 5. The zero-order valence-corrected chi connectivity index (χ0v) is 21.1. The molecule has 3 heterocycles. The van der Waals surface area contributed by atoms with Gasteiger partial charge in [0.15, 0.2) is 0 Å². The molecule has 1 aliphatic carbocycles. The predicted octanol–water partition coefficient (Wildman–Crippen LogP) is 4.93. The number of hydrogen-bond acceptors (Lipinski definition) is 4. The van der Waals surface area contributed by atoms with Gasteiger partial charge in [-0.3, -0.25) is 9.80 Å². The van der Waals surface area contributed by atoms with Crippen molar-refractivity contribution in [1.29, 1.82) is 0 Å². The lowest BCUT2D eigenvalue weighted by atomic mass is 9.82. The van der Waals surface area contributed by atoms with Gasteiger partial charge in [0, 0.05) is 49.4 Å². The van der Waals surface area contributed by atoms with E-state index >= 15 is 0 Å². The lowest BCUT2D eigenvalue weighted by Gasteiger charge is -2.44. The highest BCUT2D eigenvalue weighted by Gasteiger charge is 2.54. The van der Waals surface area contributed by atoms with Gasteiger partial charge in [0.2, 0.25) is 0 Å². The second-order valence-corrected chi connectivity index (χ2v) is 10.1. The Bertz CT molecular complexity index is 1060. The molecule has 0 bridgehead atoms. The summed E-state index contributed by atoms with van der Waals surface area (Å²) in [4.78, 5) is 20.5. The van der Waals surface area contributed by atoms with E-state index in [-0.39, 0.29) is 17.5 Å². The molecule has 4 aliphatic rings. The maximum atomic E-state index is 13.7. The first-order chi connectivity index (χ1) is 16.4. The van der Waals surface area contributed by atoms with Gasteiger partial charge in [0.25, 0.3) is 0 Å². The lowest BCUT2D eigenvalue weighted by Crippen LogP contribution is -2.54.